The molecule has 0 aliphatic rings. The van der Waals surface area contributed by atoms with Crippen LogP contribution < -0.4 is 19.5 Å². The van der Waals surface area contributed by atoms with Gasteiger partial charge in [0.15, 0.2) is 11.5 Å². The highest BCUT2D eigenvalue weighted by molar-refractivity contribution is 5.88. The molecule has 7 heteroatoms. The minimum Gasteiger partial charge on any atom is -0.497 e. The third kappa shape index (κ3) is 8.77. The highest BCUT2D eigenvalue weighted by atomic mass is 16.5. The monoisotopic (exact) mass is 532 g/mol. The van der Waals surface area contributed by atoms with Crippen LogP contribution in [0.4, 0.5) is 0 Å². The summed E-state index contributed by atoms with van der Waals surface area (Å²) in [6.07, 6.45) is 1.15. The number of rotatable bonds is 14. The molecular weight excluding hydrogens is 492 g/mol. The van der Waals surface area contributed by atoms with Crippen LogP contribution in [0.15, 0.2) is 72.8 Å². The van der Waals surface area contributed by atoms with Crippen LogP contribution in [0.5, 0.6) is 17.2 Å². The quantitative estimate of drug-likeness (QED) is 0.314. The van der Waals surface area contributed by atoms with Crippen molar-refractivity contribution in [3.05, 3.63) is 89.5 Å². The number of carbonyl (C=O) groups is 2. The summed E-state index contributed by atoms with van der Waals surface area (Å²) in [5.74, 6) is 1.99. The van der Waals surface area contributed by atoms with Crippen molar-refractivity contribution in [1.82, 2.24) is 10.2 Å². The second-order valence-electron chi connectivity index (χ2n) is 9.91. The van der Waals surface area contributed by atoms with Crippen LogP contribution in [0.1, 0.15) is 37.0 Å². The van der Waals surface area contributed by atoms with Crippen LogP contribution in [0.25, 0.3) is 0 Å². The van der Waals surface area contributed by atoms with Gasteiger partial charge in [-0.05, 0) is 53.3 Å². The first-order valence-corrected chi connectivity index (χ1v) is 13.3. The van der Waals surface area contributed by atoms with E-state index >= 15 is 0 Å². The Bertz CT molecular complexity index is 1210. The van der Waals surface area contributed by atoms with Gasteiger partial charge in [-0.15, -0.1) is 0 Å². The number of methoxy groups -OCH3 is 3. The highest BCUT2D eigenvalue weighted by Gasteiger charge is 2.30. The van der Waals surface area contributed by atoms with Gasteiger partial charge in [-0.25, -0.2) is 0 Å². The minimum atomic E-state index is -0.671. The van der Waals surface area contributed by atoms with E-state index in [1.54, 1.807) is 26.2 Å². The standard InChI is InChI=1S/C32H40N2O5/c1-23(2)21-33-32(36)28(19-24-10-7-6-8-11-24)34(22-26-12-9-13-27(18-26)37-3)31(35)17-15-25-14-16-29(38-4)30(20-25)39-5/h6-14,16,18,20,23,28H,15,17,19,21-22H2,1-5H3,(H,33,36). The molecule has 0 heterocycles. The molecular formula is C32H40N2O5. The molecule has 7 nitrogen and oxygen atoms in total. The topological polar surface area (TPSA) is 77.1 Å². The lowest BCUT2D eigenvalue weighted by atomic mass is 10.0. The average molecular weight is 533 g/mol. The second kappa shape index (κ2) is 14.8. The molecule has 0 aliphatic heterocycles. The fraction of sp³-hybridized carbons (Fsp3) is 0.375. The normalized spacial score (nSPS) is 11.5. The van der Waals surface area contributed by atoms with Crippen molar-refractivity contribution in [1.29, 1.82) is 0 Å². The number of hydrogen-bond acceptors (Lipinski definition) is 5. The Morgan fingerprint density at radius 1 is 0.795 bits per heavy atom. The van der Waals surface area contributed by atoms with Gasteiger partial charge in [0.2, 0.25) is 11.8 Å². The number of nitrogens with zero attached hydrogens (tertiary/aromatic N) is 1. The maximum absolute atomic E-state index is 13.9. The molecule has 2 amide bonds. The zero-order valence-electron chi connectivity index (χ0n) is 23.6. The maximum Gasteiger partial charge on any atom is 0.243 e. The molecule has 1 unspecified atom stereocenters. The van der Waals surface area contributed by atoms with Gasteiger partial charge in [-0.3, -0.25) is 9.59 Å². The van der Waals surface area contributed by atoms with E-state index < -0.39 is 6.04 Å². The lowest BCUT2D eigenvalue weighted by Crippen LogP contribution is -2.51. The lowest BCUT2D eigenvalue weighted by molar-refractivity contribution is -0.141. The van der Waals surface area contributed by atoms with Crippen molar-refractivity contribution in [3.63, 3.8) is 0 Å². The lowest BCUT2D eigenvalue weighted by Gasteiger charge is -2.32. The Kier molecular flexibility index (Phi) is 11.2. The summed E-state index contributed by atoms with van der Waals surface area (Å²) in [5.41, 5.74) is 2.83. The van der Waals surface area contributed by atoms with Gasteiger partial charge in [0.05, 0.1) is 21.3 Å². The number of nitrogens with one attached hydrogen (secondary N) is 1. The van der Waals surface area contributed by atoms with Crippen LogP contribution in [-0.4, -0.2) is 50.6 Å². The molecule has 0 aromatic heterocycles. The van der Waals surface area contributed by atoms with Gasteiger partial charge in [0.25, 0.3) is 0 Å². The van der Waals surface area contributed by atoms with Crippen molar-refractivity contribution in [3.8, 4) is 17.2 Å². The Morgan fingerprint density at radius 3 is 2.18 bits per heavy atom. The van der Waals surface area contributed by atoms with Crippen LogP contribution >= 0.6 is 0 Å². The minimum absolute atomic E-state index is 0.103. The molecule has 39 heavy (non-hydrogen) atoms. The predicted octanol–water partition coefficient (Wildman–Crippen LogP) is 5.06. The van der Waals surface area contributed by atoms with Gasteiger partial charge < -0.3 is 24.4 Å². The van der Waals surface area contributed by atoms with Gasteiger partial charge in [-0.2, -0.15) is 0 Å². The van der Waals surface area contributed by atoms with E-state index in [4.69, 9.17) is 14.2 Å². The van der Waals surface area contributed by atoms with Crippen LogP contribution in [0.2, 0.25) is 0 Å². The number of carbonyl (C=O) groups excluding carboxylic acids is 2. The molecule has 3 aromatic rings. The number of hydrogen-bond donors (Lipinski definition) is 1. The van der Waals surface area contributed by atoms with Crippen molar-refractivity contribution < 1.29 is 23.8 Å². The molecule has 208 valence electrons. The number of amides is 2. The molecule has 0 aliphatic carbocycles. The van der Waals surface area contributed by atoms with E-state index in [0.717, 1.165) is 16.7 Å². The van der Waals surface area contributed by atoms with Crippen molar-refractivity contribution >= 4 is 11.8 Å². The first-order chi connectivity index (χ1) is 18.8. The first-order valence-electron chi connectivity index (χ1n) is 13.3. The van der Waals surface area contributed by atoms with E-state index in [0.29, 0.717) is 42.6 Å². The molecule has 0 bridgehead atoms. The van der Waals surface area contributed by atoms with Gasteiger partial charge in [-0.1, -0.05) is 62.4 Å². The van der Waals surface area contributed by atoms with Crippen molar-refractivity contribution in [2.45, 2.75) is 45.7 Å². The van der Waals surface area contributed by atoms with E-state index in [1.165, 1.54) is 0 Å². The van der Waals surface area contributed by atoms with E-state index in [1.807, 2.05) is 72.8 Å². The van der Waals surface area contributed by atoms with E-state index in [-0.39, 0.29) is 24.8 Å². The Labute approximate surface area is 232 Å². The highest BCUT2D eigenvalue weighted by Crippen LogP contribution is 2.28. The zero-order valence-corrected chi connectivity index (χ0v) is 23.6. The third-order valence-electron chi connectivity index (χ3n) is 6.52. The molecule has 0 fully saturated rings. The van der Waals surface area contributed by atoms with Crippen molar-refractivity contribution in [2.75, 3.05) is 27.9 Å². The summed E-state index contributed by atoms with van der Waals surface area (Å²) in [5, 5.41) is 3.06. The molecule has 1 N–H and O–H groups in total. The zero-order chi connectivity index (χ0) is 28.2. The van der Waals surface area contributed by atoms with Crippen molar-refractivity contribution in [2.24, 2.45) is 5.92 Å². The molecule has 0 spiro atoms. The molecule has 1 atom stereocenters. The van der Waals surface area contributed by atoms with E-state index in [2.05, 4.69) is 19.2 Å². The van der Waals surface area contributed by atoms with E-state index in [9.17, 15) is 9.59 Å². The number of aryl methyl sites for hydroxylation is 1. The summed E-state index contributed by atoms with van der Waals surface area (Å²) < 4.78 is 16.2. The van der Waals surface area contributed by atoms with Gasteiger partial charge in [0.1, 0.15) is 11.8 Å². The largest absolute Gasteiger partial charge is 0.497 e. The fourth-order valence-electron chi connectivity index (χ4n) is 4.38. The second-order valence-corrected chi connectivity index (χ2v) is 9.91. The fourth-order valence-corrected chi connectivity index (χ4v) is 4.38. The third-order valence-corrected chi connectivity index (χ3v) is 6.52. The molecule has 0 saturated heterocycles. The summed E-state index contributed by atoms with van der Waals surface area (Å²) >= 11 is 0. The number of benzene rings is 3. The Hall–Kier alpha value is -4.00. The Balaban J connectivity index is 1.92. The van der Waals surface area contributed by atoms with Gasteiger partial charge >= 0.3 is 0 Å². The Morgan fingerprint density at radius 2 is 1.51 bits per heavy atom. The maximum atomic E-state index is 13.9. The summed E-state index contributed by atoms with van der Waals surface area (Å²) in [4.78, 5) is 29.2. The number of ether oxygens (including phenoxy) is 3. The van der Waals surface area contributed by atoms with Gasteiger partial charge in [0, 0.05) is 25.9 Å². The van der Waals surface area contributed by atoms with Crippen LogP contribution in [-0.2, 0) is 29.0 Å². The summed E-state index contributed by atoms with van der Waals surface area (Å²) in [7, 11) is 4.80. The molecule has 0 radical (unpaired) electrons. The SMILES string of the molecule is COc1cccc(CN(C(=O)CCc2ccc(OC)c(OC)c2)C(Cc2ccccc2)C(=O)NCC(C)C)c1. The van der Waals surface area contributed by atoms with Crippen LogP contribution in [0, 0.1) is 5.92 Å². The predicted molar refractivity (Wildman–Crippen MR) is 153 cm³/mol. The summed E-state index contributed by atoms with van der Waals surface area (Å²) in [6.45, 7) is 4.93. The first kappa shape index (κ1) is 29.6. The molecule has 3 aromatic carbocycles. The smallest absolute Gasteiger partial charge is 0.243 e. The summed E-state index contributed by atoms with van der Waals surface area (Å²) in [6, 6.07) is 22.4. The molecule has 0 saturated carbocycles. The molecule has 3 rings (SSSR count). The van der Waals surface area contributed by atoms with Crippen LogP contribution in [0.3, 0.4) is 0 Å². The average Bonchev–Trinajstić information content (AvgIpc) is 2.96.